The van der Waals surface area contributed by atoms with Crippen molar-refractivity contribution in [3.8, 4) is 0 Å². The Morgan fingerprint density at radius 1 is 1.20 bits per heavy atom. The molecule has 1 saturated carbocycles. The molecule has 4 nitrogen and oxygen atoms in total. The van der Waals surface area contributed by atoms with Gasteiger partial charge >= 0.3 is 5.97 Å². The molecule has 0 saturated heterocycles. The van der Waals surface area contributed by atoms with Crippen molar-refractivity contribution in [2.45, 2.75) is 64.4 Å². The number of allylic oxidation sites excluding steroid dienone is 6. The van der Waals surface area contributed by atoms with Crippen molar-refractivity contribution in [1.29, 1.82) is 0 Å². The second-order valence-corrected chi connectivity index (χ2v) is 6.48. The van der Waals surface area contributed by atoms with Crippen molar-refractivity contribution in [3.05, 3.63) is 36.5 Å². The van der Waals surface area contributed by atoms with Gasteiger partial charge in [0.1, 0.15) is 5.78 Å². The maximum Gasteiger partial charge on any atom is 0.334 e. The van der Waals surface area contributed by atoms with Gasteiger partial charge in [0.2, 0.25) is 0 Å². The van der Waals surface area contributed by atoms with Crippen molar-refractivity contribution in [2.24, 2.45) is 11.8 Å². The lowest BCUT2D eigenvalue weighted by Gasteiger charge is -2.12. The molecular formula is C21H32O4. The van der Waals surface area contributed by atoms with Crippen LogP contribution in [0.5, 0.6) is 0 Å². The van der Waals surface area contributed by atoms with Gasteiger partial charge in [0.15, 0.2) is 6.10 Å². The fourth-order valence-corrected chi connectivity index (χ4v) is 3.09. The summed E-state index contributed by atoms with van der Waals surface area (Å²) >= 11 is 0. The Hall–Kier alpha value is -1.68. The Balaban J connectivity index is 2.35. The molecule has 0 radical (unpaired) electrons. The minimum atomic E-state index is -1.07. The Kier molecular flexibility index (Phi) is 10.8. The van der Waals surface area contributed by atoms with Crippen molar-refractivity contribution >= 4 is 11.8 Å². The minimum absolute atomic E-state index is 0.0733. The lowest BCUT2D eigenvalue weighted by atomic mass is 9.91. The highest BCUT2D eigenvalue weighted by atomic mass is 16.5. The summed E-state index contributed by atoms with van der Waals surface area (Å²) in [6.07, 6.45) is 18.1. The fourth-order valence-electron chi connectivity index (χ4n) is 3.09. The molecule has 1 fully saturated rings. The van der Waals surface area contributed by atoms with Crippen molar-refractivity contribution in [1.82, 2.24) is 0 Å². The molecule has 3 atom stereocenters. The SMILES string of the molecule is CCC=CCCC=C[C@H]1CCC(=O)[C@@H]1CC=CCCC(O)C(=O)OC. The highest BCUT2D eigenvalue weighted by Crippen LogP contribution is 2.32. The smallest absolute Gasteiger partial charge is 0.334 e. The predicted octanol–water partition coefficient (Wildman–Crippen LogP) is 4.14. The zero-order valence-electron chi connectivity index (χ0n) is 15.5. The van der Waals surface area contributed by atoms with Crippen molar-refractivity contribution < 1.29 is 19.4 Å². The summed E-state index contributed by atoms with van der Waals surface area (Å²) in [5, 5.41) is 9.51. The number of hydrogen-bond acceptors (Lipinski definition) is 4. The second-order valence-electron chi connectivity index (χ2n) is 6.48. The van der Waals surface area contributed by atoms with E-state index in [0.29, 0.717) is 31.0 Å². The van der Waals surface area contributed by atoms with E-state index in [-0.39, 0.29) is 5.92 Å². The zero-order chi connectivity index (χ0) is 18.5. The first-order valence-electron chi connectivity index (χ1n) is 9.35. The molecule has 0 aromatic carbocycles. The average Bonchev–Trinajstić information content (AvgIpc) is 2.96. The number of rotatable bonds is 11. The molecule has 0 spiro atoms. The molecule has 1 aliphatic rings. The molecule has 4 heteroatoms. The number of aliphatic hydroxyl groups excluding tert-OH is 1. The van der Waals surface area contributed by atoms with E-state index < -0.39 is 12.1 Å². The van der Waals surface area contributed by atoms with Crippen LogP contribution in [0.3, 0.4) is 0 Å². The van der Waals surface area contributed by atoms with Gasteiger partial charge in [-0.15, -0.1) is 0 Å². The van der Waals surface area contributed by atoms with E-state index >= 15 is 0 Å². The summed E-state index contributed by atoms with van der Waals surface area (Å²) in [7, 11) is 1.26. The van der Waals surface area contributed by atoms with Gasteiger partial charge in [-0.1, -0.05) is 43.4 Å². The maximum atomic E-state index is 12.1. The number of hydrogen-bond donors (Lipinski definition) is 1. The topological polar surface area (TPSA) is 63.6 Å². The van der Waals surface area contributed by atoms with E-state index in [1.807, 2.05) is 12.2 Å². The van der Waals surface area contributed by atoms with Crippen LogP contribution in [0.2, 0.25) is 0 Å². The average molecular weight is 348 g/mol. The van der Waals surface area contributed by atoms with Crippen LogP contribution >= 0.6 is 0 Å². The first-order valence-corrected chi connectivity index (χ1v) is 9.35. The molecule has 1 rings (SSSR count). The molecule has 0 aromatic heterocycles. The summed E-state index contributed by atoms with van der Waals surface area (Å²) in [5.41, 5.74) is 0. The van der Waals surface area contributed by atoms with E-state index in [2.05, 4.69) is 36.0 Å². The van der Waals surface area contributed by atoms with Crippen LogP contribution < -0.4 is 0 Å². The monoisotopic (exact) mass is 348 g/mol. The summed E-state index contributed by atoms with van der Waals surface area (Å²) in [5.74, 6) is 0.162. The maximum absolute atomic E-state index is 12.1. The molecular weight excluding hydrogens is 316 g/mol. The molecule has 0 amide bonds. The van der Waals surface area contributed by atoms with Gasteiger partial charge in [0.05, 0.1) is 7.11 Å². The Morgan fingerprint density at radius 2 is 1.92 bits per heavy atom. The van der Waals surface area contributed by atoms with Crippen LogP contribution in [0.4, 0.5) is 0 Å². The largest absolute Gasteiger partial charge is 0.467 e. The van der Waals surface area contributed by atoms with Crippen molar-refractivity contribution in [2.75, 3.05) is 7.11 Å². The quantitative estimate of drug-likeness (QED) is 0.346. The van der Waals surface area contributed by atoms with Crippen LogP contribution in [0.15, 0.2) is 36.5 Å². The minimum Gasteiger partial charge on any atom is -0.467 e. The van der Waals surface area contributed by atoms with E-state index in [4.69, 9.17) is 0 Å². The molecule has 0 heterocycles. The number of aliphatic hydroxyl groups is 1. The summed E-state index contributed by atoms with van der Waals surface area (Å²) < 4.78 is 4.48. The normalized spacial score (nSPS) is 22.4. The van der Waals surface area contributed by atoms with Gasteiger partial charge in [-0.2, -0.15) is 0 Å². The third-order valence-corrected chi connectivity index (χ3v) is 4.58. The number of methoxy groups -OCH3 is 1. The summed E-state index contributed by atoms with van der Waals surface area (Å²) in [4.78, 5) is 23.2. The number of Topliss-reactive ketones (excluding diaryl/α,β-unsaturated/α-hetero) is 1. The number of carbonyl (C=O) groups is 2. The standard InChI is InChI=1S/C21H32O4/c1-3-4-5-6-7-9-12-17-15-16-19(22)18(17)13-10-8-11-14-20(23)21(24)25-2/h4-5,8-10,12,17-18,20,23H,3,6-7,11,13-16H2,1-2H3/t17-,18+,20?/m0/s1. The number of ether oxygens (including phenoxy) is 1. The predicted molar refractivity (Wildman–Crippen MR) is 100 cm³/mol. The molecule has 0 aliphatic heterocycles. The summed E-state index contributed by atoms with van der Waals surface area (Å²) in [6.45, 7) is 2.13. The number of unbranched alkanes of at least 4 members (excludes halogenated alkanes) is 1. The molecule has 1 aliphatic carbocycles. The lowest BCUT2D eigenvalue weighted by Crippen LogP contribution is -2.21. The molecule has 140 valence electrons. The van der Waals surface area contributed by atoms with Crippen LogP contribution in [0.1, 0.15) is 58.3 Å². The molecule has 1 unspecified atom stereocenters. The van der Waals surface area contributed by atoms with Crippen LogP contribution in [-0.2, 0) is 14.3 Å². The number of ketones is 1. The summed E-state index contributed by atoms with van der Waals surface area (Å²) in [6, 6.07) is 0. The van der Waals surface area contributed by atoms with Crippen LogP contribution in [-0.4, -0.2) is 30.1 Å². The van der Waals surface area contributed by atoms with Gasteiger partial charge < -0.3 is 9.84 Å². The van der Waals surface area contributed by atoms with Gasteiger partial charge in [0, 0.05) is 12.3 Å². The van der Waals surface area contributed by atoms with E-state index in [1.54, 1.807) is 0 Å². The van der Waals surface area contributed by atoms with Crippen molar-refractivity contribution in [3.63, 3.8) is 0 Å². The van der Waals surface area contributed by atoms with Crippen LogP contribution in [0.25, 0.3) is 0 Å². The van der Waals surface area contributed by atoms with Crippen LogP contribution in [0, 0.1) is 11.8 Å². The number of carbonyl (C=O) groups excluding carboxylic acids is 2. The Labute approximate surface area is 151 Å². The zero-order valence-corrected chi connectivity index (χ0v) is 15.5. The number of esters is 1. The van der Waals surface area contributed by atoms with E-state index in [0.717, 1.165) is 32.1 Å². The lowest BCUT2D eigenvalue weighted by molar-refractivity contribution is -0.150. The van der Waals surface area contributed by atoms with Gasteiger partial charge in [-0.3, -0.25) is 4.79 Å². The molecule has 0 aromatic rings. The fraction of sp³-hybridized carbons (Fsp3) is 0.619. The Bertz CT molecular complexity index is 490. The molecule has 1 N–H and O–H groups in total. The second kappa shape index (κ2) is 12.6. The first kappa shape index (κ1) is 21.4. The van der Waals surface area contributed by atoms with E-state index in [9.17, 15) is 14.7 Å². The first-order chi connectivity index (χ1) is 12.1. The molecule has 0 bridgehead atoms. The highest BCUT2D eigenvalue weighted by Gasteiger charge is 2.31. The third kappa shape index (κ3) is 8.30. The Morgan fingerprint density at radius 3 is 2.64 bits per heavy atom. The van der Waals surface area contributed by atoms with E-state index in [1.165, 1.54) is 7.11 Å². The third-order valence-electron chi connectivity index (χ3n) is 4.58. The van der Waals surface area contributed by atoms with Gasteiger partial charge in [-0.25, -0.2) is 4.79 Å². The van der Waals surface area contributed by atoms with Gasteiger partial charge in [-0.05, 0) is 50.9 Å². The highest BCUT2D eigenvalue weighted by molar-refractivity contribution is 5.83. The molecule has 25 heavy (non-hydrogen) atoms. The van der Waals surface area contributed by atoms with Gasteiger partial charge in [0.25, 0.3) is 0 Å².